The smallest absolute Gasteiger partial charge is 0.0232 e. The molecule has 1 rings (SSSR count). The van der Waals surface area contributed by atoms with Gasteiger partial charge in [-0.15, -0.1) is 11.8 Å². The van der Waals surface area contributed by atoms with Gasteiger partial charge in [-0.2, -0.15) is 0 Å². The van der Waals surface area contributed by atoms with Crippen LogP contribution in [-0.4, -0.2) is 10.5 Å². The van der Waals surface area contributed by atoms with Gasteiger partial charge in [0.25, 0.3) is 0 Å². The van der Waals surface area contributed by atoms with Crippen LogP contribution in [-0.2, 0) is 0 Å². The summed E-state index contributed by atoms with van der Waals surface area (Å²) in [5.74, 6) is 0. The summed E-state index contributed by atoms with van der Waals surface area (Å²) in [7, 11) is 0. The van der Waals surface area contributed by atoms with Gasteiger partial charge in [-0.05, 0) is 33.1 Å². The van der Waals surface area contributed by atoms with Crippen LogP contribution in [0.4, 0.5) is 0 Å². The normalized spacial score (nSPS) is 26.3. The van der Waals surface area contributed by atoms with Gasteiger partial charge in [0.1, 0.15) is 0 Å². The summed E-state index contributed by atoms with van der Waals surface area (Å²) < 4.78 is 0. The number of allylic oxidation sites excluding steroid dienone is 2. The van der Waals surface area contributed by atoms with Crippen LogP contribution in [0.3, 0.4) is 0 Å². The minimum Gasteiger partial charge on any atom is -0.147 e. The first-order valence-electron chi connectivity index (χ1n) is 4.78. The van der Waals surface area contributed by atoms with Gasteiger partial charge in [0.2, 0.25) is 0 Å². The zero-order valence-electron chi connectivity index (χ0n) is 7.99. The van der Waals surface area contributed by atoms with Crippen molar-refractivity contribution in [2.75, 3.05) is 0 Å². The molecule has 0 aromatic heterocycles. The van der Waals surface area contributed by atoms with Gasteiger partial charge in [-0.1, -0.05) is 24.3 Å². The standard InChI is InChI=1S/C11H18S/c1-3-7-10(2)12-11-8-5-4-6-9-11/h3,5,7-8,10-11H,4,6,9H2,1-2H3/b7-3-/t10-,11?/m1/s1. The Kier molecular flexibility index (Phi) is 4.52. The van der Waals surface area contributed by atoms with Crippen molar-refractivity contribution in [3.63, 3.8) is 0 Å². The highest BCUT2D eigenvalue weighted by Gasteiger charge is 2.10. The molecule has 1 heteroatoms. The van der Waals surface area contributed by atoms with Crippen LogP contribution < -0.4 is 0 Å². The zero-order valence-corrected chi connectivity index (χ0v) is 8.81. The minimum atomic E-state index is 0.669. The maximum Gasteiger partial charge on any atom is 0.0232 e. The molecule has 0 aromatic carbocycles. The lowest BCUT2D eigenvalue weighted by Crippen LogP contribution is -2.06. The van der Waals surface area contributed by atoms with Gasteiger partial charge in [-0.3, -0.25) is 0 Å². The fourth-order valence-electron chi connectivity index (χ4n) is 1.49. The molecule has 0 aromatic rings. The Labute approximate surface area is 80.1 Å². The van der Waals surface area contributed by atoms with Gasteiger partial charge in [0.15, 0.2) is 0 Å². The second-order valence-corrected chi connectivity index (χ2v) is 4.89. The number of hydrogen-bond donors (Lipinski definition) is 0. The molecule has 0 aliphatic heterocycles. The summed E-state index contributed by atoms with van der Waals surface area (Å²) in [6, 6.07) is 0. The van der Waals surface area contributed by atoms with E-state index in [4.69, 9.17) is 0 Å². The highest BCUT2D eigenvalue weighted by atomic mass is 32.2. The fourth-order valence-corrected chi connectivity index (χ4v) is 2.79. The molecule has 0 amide bonds. The van der Waals surface area contributed by atoms with E-state index in [2.05, 4.69) is 49.9 Å². The topological polar surface area (TPSA) is 0 Å². The molecule has 0 nitrogen and oxygen atoms in total. The van der Waals surface area contributed by atoms with Crippen molar-refractivity contribution in [1.29, 1.82) is 0 Å². The molecule has 0 spiro atoms. The van der Waals surface area contributed by atoms with E-state index in [1.165, 1.54) is 19.3 Å². The molecule has 0 fully saturated rings. The van der Waals surface area contributed by atoms with Crippen molar-refractivity contribution in [2.45, 2.75) is 43.6 Å². The van der Waals surface area contributed by atoms with Crippen molar-refractivity contribution >= 4 is 11.8 Å². The molecule has 0 N–H and O–H groups in total. The molecule has 0 bridgehead atoms. The second-order valence-electron chi connectivity index (χ2n) is 3.26. The average Bonchev–Trinajstić information content (AvgIpc) is 2.06. The van der Waals surface area contributed by atoms with Crippen molar-refractivity contribution in [2.24, 2.45) is 0 Å². The predicted octanol–water partition coefficient (Wildman–Crippen LogP) is 3.79. The molecular weight excluding hydrogens is 164 g/mol. The van der Waals surface area contributed by atoms with E-state index in [9.17, 15) is 0 Å². The Bertz CT molecular complexity index is 170. The highest BCUT2D eigenvalue weighted by Crippen LogP contribution is 2.27. The van der Waals surface area contributed by atoms with Crippen molar-refractivity contribution in [3.8, 4) is 0 Å². The first-order chi connectivity index (χ1) is 5.83. The van der Waals surface area contributed by atoms with E-state index in [-0.39, 0.29) is 0 Å². The third-order valence-electron chi connectivity index (χ3n) is 2.06. The maximum atomic E-state index is 2.37. The summed E-state index contributed by atoms with van der Waals surface area (Å²) in [6.07, 6.45) is 13.1. The molecule has 1 aliphatic rings. The van der Waals surface area contributed by atoms with Crippen LogP contribution in [0.2, 0.25) is 0 Å². The fraction of sp³-hybridized carbons (Fsp3) is 0.636. The van der Waals surface area contributed by atoms with E-state index >= 15 is 0 Å². The van der Waals surface area contributed by atoms with E-state index in [0.717, 1.165) is 5.25 Å². The third-order valence-corrected chi connectivity index (χ3v) is 3.39. The minimum absolute atomic E-state index is 0.669. The van der Waals surface area contributed by atoms with Gasteiger partial charge >= 0.3 is 0 Å². The van der Waals surface area contributed by atoms with Crippen molar-refractivity contribution < 1.29 is 0 Å². The Morgan fingerprint density at radius 1 is 1.58 bits per heavy atom. The van der Waals surface area contributed by atoms with Crippen LogP contribution in [0.25, 0.3) is 0 Å². The number of rotatable bonds is 3. The lowest BCUT2D eigenvalue weighted by Gasteiger charge is -2.18. The zero-order chi connectivity index (χ0) is 8.81. The van der Waals surface area contributed by atoms with Gasteiger partial charge in [0.05, 0.1) is 0 Å². The SMILES string of the molecule is C/C=C\[C@@H](C)SC1C=CCCC1. The molecule has 1 unspecified atom stereocenters. The second kappa shape index (κ2) is 5.47. The van der Waals surface area contributed by atoms with Crippen LogP contribution in [0.1, 0.15) is 33.1 Å². The van der Waals surface area contributed by atoms with Crippen LogP contribution in [0.15, 0.2) is 24.3 Å². The highest BCUT2D eigenvalue weighted by molar-refractivity contribution is 8.00. The number of thioether (sulfide) groups is 1. The molecule has 12 heavy (non-hydrogen) atoms. The van der Waals surface area contributed by atoms with E-state index in [0.29, 0.717) is 5.25 Å². The number of hydrogen-bond acceptors (Lipinski definition) is 1. The predicted molar refractivity (Wildman–Crippen MR) is 58.6 cm³/mol. The largest absolute Gasteiger partial charge is 0.147 e. The van der Waals surface area contributed by atoms with Crippen LogP contribution in [0.5, 0.6) is 0 Å². The molecule has 1 aliphatic carbocycles. The van der Waals surface area contributed by atoms with Gasteiger partial charge in [0, 0.05) is 10.5 Å². The Morgan fingerprint density at radius 3 is 3.00 bits per heavy atom. The summed E-state index contributed by atoms with van der Waals surface area (Å²) in [5, 5.41) is 1.44. The Hall–Kier alpha value is -0.170. The van der Waals surface area contributed by atoms with E-state index in [1.807, 2.05) is 0 Å². The molecule has 0 saturated heterocycles. The molecule has 0 heterocycles. The van der Waals surface area contributed by atoms with E-state index < -0.39 is 0 Å². The van der Waals surface area contributed by atoms with E-state index in [1.54, 1.807) is 0 Å². The van der Waals surface area contributed by atoms with Crippen LogP contribution in [0, 0.1) is 0 Å². The Balaban J connectivity index is 2.29. The quantitative estimate of drug-likeness (QED) is 0.598. The summed E-state index contributed by atoms with van der Waals surface area (Å²) in [6.45, 7) is 4.36. The summed E-state index contributed by atoms with van der Waals surface area (Å²) in [5.41, 5.74) is 0. The molecule has 2 atom stereocenters. The van der Waals surface area contributed by atoms with Crippen LogP contribution >= 0.6 is 11.8 Å². The monoisotopic (exact) mass is 182 g/mol. The molecular formula is C11H18S. The summed E-state index contributed by atoms with van der Waals surface area (Å²) in [4.78, 5) is 0. The first kappa shape index (κ1) is 9.91. The Morgan fingerprint density at radius 2 is 2.42 bits per heavy atom. The van der Waals surface area contributed by atoms with Gasteiger partial charge < -0.3 is 0 Å². The summed E-state index contributed by atoms with van der Waals surface area (Å²) >= 11 is 2.07. The average molecular weight is 182 g/mol. The first-order valence-corrected chi connectivity index (χ1v) is 5.72. The lowest BCUT2D eigenvalue weighted by atomic mass is 10.1. The van der Waals surface area contributed by atoms with Crippen molar-refractivity contribution in [3.05, 3.63) is 24.3 Å². The van der Waals surface area contributed by atoms with Crippen molar-refractivity contribution in [1.82, 2.24) is 0 Å². The molecule has 0 radical (unpaired) electrons. The lowest BCUT2D eigenvalue weighted by molar-refractivity contribution is 0.740. The molecule has 0 saturated carbocycles. The maximum absolute atomic E-state index is 2.37. The van der Waals surface area contributed by atoms with Gasteiger partial charge in [-0.25, -0.2) is 0 Å². The third kappa shape index (κ3) is 3.48. The molecule has 68 valence electrons.